The van der Waals surface area contributed by atoms with E-state index in [1.54, 1.807) is 24.1 Å². The Bertz CT molecular complexity index is 516. The lowest BCUT2D eigenvalue weighted by atomic mass is 9.87. The van der Waals surface area contributed by atoms with Crippen LogP contribution in [0.4, 0.5) is 9.18 Å². The summed E-state index contributed by atoms with van der Waals surface area (Å²) >= 11 is 0. The predicted molar refractivity (Wildman–Crippen MR) is 90.1 cm³/mol. The van der Waals surface area contributed by atoms with Crippen molar-refractivity contribution in [1.29, 1.82) is 0 Å². The Labute approximate surface area is 142 Å². The van der Waals surface area contributed by atoms with Gasteiger partial charge < -0.3 is 20.1 Å². The van der Waals surface area contributed by atoms with Crippen LogP contribution in [0.5, 0.6) is 0 Å². The number of hydrogen-bond acceptors (Lipinski definition) is 3. The smallest absolute Gasteiger partial charge is 0.317 e. The number of aliphatic hydroxyl groups excluding tert-OH is 1. The van der Waals surface area contributed by atoms with Crippen molar-refractivity contribution in [1.82, 2.24) is 10.2 Å². The molecule has 0 bridgehead atoms. The minimum absolute atomic E-state index is 0.0617. The number of likely N-dealkylation sites (tertiary alicyclic amines) is 1. The molecule has 1 heterocycles. The second-order valence-corrected chi connectivity index (χ2v) is 6.45. The van der Waals surface area contributed by atoms with E-state index in [1.807, 2.05) is 6.92 Å². The summed E-state index contributed by atoms with van der Waals surface area (Å²) in [5.41, 5.74) is 0.729. The third-order valence-electron chi connectivity index (χ3n) is 4.61. The van der Waals surface area contributed by atoms with Gasteiger partial charge in [-0.2, -0.15) is 0 Å². The first kappa shape index (κ1) is 18.7. The van der Waals surface area contributed by atoms with Crippen LogP contribution in [0.1, 0.15) is 37.9 Å². The number of carbonyl (C=O) groups is 1. The SMILES string of the molecule is COCCC(C)NC(=O)N1CCC(C(O)c2ccc(F)cc2)CC1. The number of carbonyl (C=O) groups excluding carboxylic acids is 1. The number of nitrogens with one attached hydrogen (secondary N) is 1. The van der Waals surface area contributed by atoms with Gasteiger partial charge in [-0.15, -0.1) is 0 Å². The van der Waals surface area contributed by atoms with Crippen LogP contribution in [-0.2, 0) is 4.74 Å². The molecule has 1 aromatic rings. The maximum Gasteiger partial charge on any atom is 0.317 e. The van der Waals surface area contributed by atoms with E-state index in [0.717, 1.165) is 24.8 Å². The topological polar surface area (TPSA) is 61.8 Å². The van der Waals surface area contributed by atoms with E-state index in [-0.39, 0.29) is 23.8 Å². The first-order valence-electron chi connectivity index (χ1n) is 8.49. The van der Waals surface area contributed by atoms with Crippen molar-refractivity contribution in [3.8, 4) is 0 Å². The zero-order chi connectivity index (χ0) is 17.5. The molecule has 2 atom stereocenters. The highest BCUT2D eigenvalue weighted by Gasteiger charge is 2.28. The summed E-state index contributed by atoms with van der Waals surface area (Å²) in [6.45, 7) is 3.81. The maximum absolute atomic E-state index is 13.0. The monoisotopic (exact) mass is 338 g/mol. The third-order valence-corrected chi connectivity index (χ3v) is 4.61. The van der Waals surface area contributed by atoms with Crippen LogP contribution < -0.4 is 5.32 Å². The number of hydrogen-bond donors (Lipinski definition) is 2. The molecular weight excluding hydrogens is 311 g/mol. The second kappa shape index (κ2) is 8.99. The number of nitrogens with zero attached hydrogens (tertiary/aromatic N) is 1. The molecular formula is C18H27FN2O3. The van der Waals surface area contributed by atoms with Gasteiger partial charge in [0.25, 0.3) is 0 Å². The van der Waals surface area contributed by atoms with Crippen LogP contribution in [-0.4, -0.2) is 48.9 Å². The number of amides is 2. The highest BCUT2D eigenvalue weighted by Crippen LogP contribution is 2.30. The van der Waals surface area contributed by atoms with Crippen LogP contribution in [0.2, 0.25) is 0 Å². The van der Waals surface area contributed by atoms with Crippen molar-refractivity contribution in [2.45, 2.75) is 38.3 Å². The first-order chi connectivity index (χ1) is 11.5. The van der Waals surface area contributed by atoms with Crippen LogP contribution >= 0.6 is 0 Å². The van der Waals surface area contributed by atoms with Gasteiger partial charge in [0.2, 0.25) is 0 Å². The highest BCUT2D eigenvalue weighted by molar-refractivity contribution is 5.74. The van der Waals surface area contributed by atoms with Gasteiger partial charge in [0, 0.05) is 32.8 Å². The molecule has 1 aliphatic heterocycles. The number of benzene rings is 1. The third kappa shape index (κ3) is 5.18. The number of piperidine rings is 1. The normalized spacial score (nSPS) is 18.2. The Kier molecular flexibility index (Phi) is 6.99. The number of urea groups is 1. The van der Waals surface area contributed by atoms with Crippen molar-refractivity contribution in [3.05, 3.63) is 35.6 Å². The van der Waals surface area contributed by atoms with Crippen LogP contribution in [0, 0.1) is 11.7 Å². The zero-order valence-corrected chi connectivity index (χ0v) is 14.4. The van der Waals surface area contributed by atoms with Gasteiger partial charge in [-0.1, -0.05) is 12.1 Å². The van der Waals surface area contributed by atoms with E-state index in [2.05, 4.69) is 5.32 Å². The van der Waals surface area contributed by atoms with Gasteiger partial charge in [-0.05, 0) is 49.8 Å². The molecule has 0 spiro atoms. The number of halogens is 1. The molecule has 1 fully saturated rings. The Morgan fingerprint density at radius 1 is 1.38 bits per heavy atom. The first-order valence-corrected chi connectivity index (χ1v) is 8.49. The number of methoxy groups -OCH3 is 1. The molecule has 2 N–H and O–H groups in total. The Hall–Kier alpha value is -1.66. The lowest BCUT2D eigenvalue weighted by molar-refractivity contribution is 0.0659. The van der Waals surface area contributed by atoms with Gasteiger partial charge in [0.05, 0.1) is 6.10 Å². The molecule has 24 heavy (non-hydrogen) atoms. The summed E-state index contributed by atoms with van der Waals surface area (Å²) in [6.07, 6.45) is 1.63. The van der Waals surface area contributed by atoms with Crippen LogP contribution in [0.15, 0.2) is 24.3 Å². The molecule has 0 aromatic heterocycles. The fourth-order valence-electron chi connectivity index (χ4n) is 3.02. The Balaban J connectivity index is 1.80. The van der Waals surface area contributed by atoms with E-state index in [1.165, 1.54) is 12.1 Å². The van der Waals surface area contributed by atoms with E-state index < -0.39 is 6.10 Å². The fraction of sp³-hybridized carbons (Fsp3) is 0.611. The van der Waals surface area contributed by atoms with Gasteiger partial charge in [-0.25, -0.2) is 9.18 Å². The molecule has 0 aliphatic carbocycles. The van der Waals surface area contributed by atoms with Crippen LogP contribution in [0.3, 0.4) is 0 Å². The Morgan fingerprint density at radius 2 is 2.00 bits per heavy atom. The molecule has 5 nitrogen and oxygen atoms in total. The highest BCUT2D eigenvalue weighted by atomic mass is 19.1. The summed E-state index contributed by atoms with van der Waals surface area (Å²) in [5, 5.41) is 13.4. The fourth-order valence-corrected chi connectivity index (χ4v) is 3.02. The largest absolute Gasteiger partial charge is 0.388 e. The van der Waals surface area contributed by atoms with Gasteiger partial charge >= 0.3 is 6.03 Å². The molecule has 1 aliphatic rings. The molecule has 134 valence electrons. The molecule has 2 rings (SSSR count). The Morgan fingerprint density at radius 3 is 2.58 bits per heavy atom. The molecule has 2 amide bonds. The number of rotatable bonds is 6. The van der Waals surface area contributed by atoms with Gasteiger partial charge in [0.1, 0.15) is 5.82 Å². The summed E-state index contributed by atoms with van der Waals surface area (Å²) < 4.78 is 18.0. The van der Waals surface area contributed by atoms with Crippen molar-refractivity contribution < 1.29 is 19.0 Å². The molecule has 0 saturated carbocycles. The summed E-state index contributed by atoms with van der Waals surface area (Å²) in [7, 11) is 1.64. The number of aliphatic hydroxyl groups is 1. The average Bonchev–Trinajstić information content (AvgIpc) is 2.60. The molecule has 1 aromatic carbocycles. The standard InChI is InChI=1S/C18H27FN2O3/c1-13(9-12-24-2)20-18(23)21-10-7-15(8-11-21)17(22)14-3-5-16(19)6-4-14/h3-6,13,15,17,22H,7-12H2,1-2H3,(H,20,23). The van der Waals surface area contributed by atoms with Gasteiger partial charge in [-0.3, -0.25) is 0 Å². The zero-order valence-electron chi connectivity index (χ0n) is 14.4. The van der Waals surface area contributed by atoms with Crippen molar-refractivity contribution in [2.75, 3.05) is 26.8 Å². The lowest BCUT2D eigenvalue weighted by Crippen LogP contribution is -2.47. The number of ether oxygens (including phenoxy) is 1. The molecule has 1 saturated heterocycles. The molecule has 6 heteroatoms. The maximum atomic E-state index is 13.0. The summed E-state index contributed by atoms with van der Waals surface area (Å²) in [6, 6.07) is 5.98. The minimum atomic E-state index is -0.614. The molecule has 2 unspecified atom stereocenters. The van der Waals surface area contributed by atoms with Gasteiger partial charge in [0.15, 0.2) is 0 Å². The summed E-state index contributed by atoms with van der Waals surface area (Å²) in [5.74, 6) is -0.217. The predicted octanol–water partition coefficient (Wildman–Crippen LogP) is 2.71. The van der Waals surface area contributed by atoms with Crippen molar-refractivity contribution in [3.63, 3.8) is 0 Å². The average molecular weight is 338 g/mol. The quantitative estimate of drug-likeness (QED) is 0.838. The van der Waals surface area contributed by atoms with Crippen molar-refractivity contribution in [2.24, 2.45) is 5.92 Å². The van der Waals surface area contributed by atoms with E-state index in [9.17, 15) is 14.3 Å². The molecule has 0 radical (unpaired) electrons. The second-order valence-electron chi connectivity index (χ2n) is 6.45. The lowest BCUT2D eigenvalue weighted by Gasteiger charge is -2.35. The van der Waals surface area contributed by atoms with E-state index >= 15 is 0 Å². The summed E-state index contributed by atoms with van der Waals surface area (Å²) in [4.78, 5) is 14.0. The van der Waals surface area contributed by atoms with E-state index in [4.69, 9.17) is 4.74 Å². The minimum Gasteiger partial charge on any atom is -0.388 e. The van der Waals surface area contributed by atoms with Crippen molar-refractivity contribution >= 4 is 6.03 Å². The van der Waals surface area contributed by atoms with Crippen LogP contribution in [0.25, 0.3) is 0 Å². The van der Waals surface area contributed by atoms with E-state index in [0.29, 0.717) is 19.7 Å².